The lowest BCUT2D eigenvalue weighted by molar-refractivity contribution is -0.135. The molecule has 2 aliphatic rings. The van der Waals surface area contributed by atoms with E-state index in [0.717, 1.165) is 35.5 Å². The molecule has 2 amide bonds. The fraction of sp³-hybridized carbons (Fsp3) is 0.269. The number of thioether (sulfide) groups is 1. The molecular formula is C26H25N3O6S. The summed E-state index contributed by atoms with van der Waals surface area (Å²) >= 11 is 1.07. The number of anilines is 1. The lowest BCUT2D eigenvalue weighted by Crippen LogP contribution is -2.28. The smallest absolute Gasteiger partial charge is 0.338 e. The highest BCUT2D eigenvalue weighted by atomic mass is 32.2. The number of ether oxygens (including phenoxy) is 2. The summed E-state index contributed by atoms with van der Waals surface area (Å²) in [6, 6.07) is 14.0. The summed E-state index contributed by atoms with van der Waals surface area (Å²) in [6.45, 7) is 2.94. The van der Waals surface area contributed by atoms with E-state index in [2.05, 4.69) is 9.73 Å². The second-order valence-electron chi connectivity index (χ2n) is 8.00. The van der Waals surface area contributed by atoms with E-state index in [0.29, 0.717) is 29.4 Å². The Morgan fingerprint density at radius 3 is 2.42 bits per heavy atom. The molecule has 0 saturated carbocycles. The number of rotatable bonds is 7. The number of hydrogen-bond donors (Lipinski definition) is 0. The van der Waals surface area contributed by atoms with Crippen molar-refractivity contribution in [2.24, 2.45) is 4.99 Å². The standard InChI is InChI=1S/C26H25N3O6S/c1-3-35-25(33)18-8-10-19(11-9-18)27-26-29(24(32)21(36-26)15-23(31)34-2)16-17-6-12-20(13-7-17)28-14-4-5-22(28)30/h6-13,15H,3-5,14,16H2,1-2H3. The summed E-state index contributed by atoms with van der Waals surface area (Å²) in [5.74, 6) is -1.32. The van der Waals surface area contributed by atoms with Crippen LogP contribution >= 0.6 is 11.8 Å². The van der Waals surface area contributed by atoms with E-state index in [1.54, 1.807) is 36.1 Å². The average Bonchev–Trinajstić information content (AvgIpc) is 3.43. The minimum atomic E-state index is -0.634. The van der Waals surface area contributed by atoms with E-state index >= 15 is 0 Å². The maximum absolute atomic E-state index is 13.1. The van der Waals surface area contributed by atoms with Crippen molar-refractivity contribution in [1.82, 2.24) is 4.90 Å². The molecule has 0 radical (unpaired) electrons. The van der Waals surface area contributed by atoms with Crippen LogP contribution in [0.2, 0.25) is 0 Å². The first-order valence-electron chi connectivity index (χ1n) is 11.4. The fourth-order valence-electron chi connectivity index (χ4n) is 3.78. The van der Waals surface area contributed by atoms with Crippen molar-refractivity contribution in [3.63, 3.8) is 0 Å². The number of aliphatic imine (C=N–C) groups is 1. The van der Waals surface area contributed by atoms with E-state index in [4.69, 9.17) is 4.74 Å². The van der Waals surface area contributed by atoms with Crippen molar-refractivity contribution in [3.8, 4) is 0 Å². The van der Waals surface area contributed by atoms with Gasteiger partial charge in [-0.25, -0.2) is 14.6 Å². The van der Waals surface area contributed by atoms with Crippen LogP contribution in [0.15, 0.2) is 64.5 Å². The molecule has 0 aromatic heterocycles. The highest BCUT2D eigenvalue weighted by Crippen LogP contribution is 2.34. The summed E-state index contributed by atoms with van der Waals surface area (Å²) in [6.07, 6.45) is 2.54. The second kappa shape index (κ2) is 11.2. The zero-order valence-electron chi connectivity index (χ0n) is 19.9. The summed E-state index contributed by atoms with van der Waals surface area (Å²) in [5, 5.41) is 0.387. The molecule has 0 spiro atoms. The average molecular weight is 508 g/mol. The van der Waals surface area contributed by atoms with Crippen LogP contribution in [-0.4, -0.2) is 54.1 Å². The van der Waals surface area contributed by atoms with Gasteiger partial charge in [-0.1, -0.05) is 12.1 Å². The molecular weight excluding hydrogens is 482 g/mol. The third kappa shape index (κ3) is 5.65. The van der Waals surface area contributed by atoms with Crippen LogP contribution in [-0.2, 0) is 30.4 Å². The van der Waals surface area contributed by atoms with E-state index in [1.807, 2.05) is 24.3 Å². The van der Waals surface area contributed by atoms with Crippen LogP contribution in [0.1, 0.15) is 35.7 Å². The van der Waals surface area contributed by atoms with Crippen LogP contribution in [0.4, 0.5) is 11.4 Å². The van der Waals surface area contributed by atoms with Crippen LogP contribution in [0.25, 0.3) is 0 Å². The SMILES string of the molecule is CCOC(=O)c1ccc(N=C2SC(=CC(=O)OC)C(=O)N2Cc2ccc(N3CCCC3=O)cc2)cc1. The van der Waals surface area contributed by atoms with Gasteiger partial charge in [-0.05, 0) is 67.1 Å². The predicted octanol–water partition coefficient (Wildman–Crippen LogP) is 3.81. The Morgan fingerprint density at radius 1 is 1.08 bits per heavy atom. The van der Waals surface area contributed by atoms with Gasteiger partial charge in [0.05, 0.1) is 36.4 Å². The minimum absolute atomic E-state index is 0.106. The Balaban J connectivity index is 1.58. The van der Waals surface area contributed by atoms with Gasteiger partial charge in [0.2, 0.25) is 5.91 Å². The zero-order chi connectivity index (χ0) is 25.7. The van der Waals surface area contributed by atoms with Crippen LogP contribution in [0.5, 0.6) is 0 Å². The Morgan fingerprint density at radius 2 is 1.81 bits per heavy atom. The molecule has 2 aromatic rings. The molecule has 36 heavy (non-hydrogen) atoms. The third-order valence-electron chi connectivity index (χ3n) is 5.60. The first-order valence-corrected chi connectivity index (χ1v) is 12.3. The van der Waals surface area contributed by atoms with E-state index in [1.165, 1.54) is 12.0 Å². The monoisotopic (exact) mass is 507 g/mol. The molecule has 2 aromatic carbocycles. The molecule has 2 aliphatic heterocycles. The van der Waals surface area contributed by atoms with Gasteiger partial charge in [0, 0.05) is 24.7 Å². The molecule has 2 fully saturated rings. The Kier molecular flexibility index (Phi) is 7.84. The molecule has 0 atom stereocenters. The molecule has 4 rings (SSSR count). The van der Waals surface area contributed by atoms with Gasteiger partial charge >= 0.3 is 11.9 Å². The largest absolute Gasteiger partial charge is 0.466 e. The summed E-state index contributed by atoms with van der Waals surface area (Å²) in [7, 11) is 1.24. The van der Waals surface area contributed by atoms with Crippen molar-refractivity contribution in [2.45, 2.75) is 26.3 Å². The fourth-order valence-corrected chi connectivity index (χ4v) is 4.74. The molecule has 2 saturated heterocycles. The molecule has 2 heterocycles. The van der Waals surface area contributed by atoms with E-state index < -0.39 is 11.9 Å². The normalized spacial score (nSPS) is 17.8. The maximum Gasteiger partial charge on any atom is 0.338 e. The number of carbonyl (C=O) groups is 4. The minimum Gasteiger partial charge on any atom is -0.466 e. The summed E-state index contributed by atoms with van der Waals surface area (Å²) in [5.41, 5.74) is 2.59. The Hall–Kier alpha value is -3.92. The Bertz CT molecular complexity index is 1240. The number of methoxy groups -OCH3 is 1. The Labute approximate surface area is 212 Å². The number of amides is 2. The lowest BCUT2D eigenvalue weighted by Gasteiger charge is -2.18. The van der Waals surface area contributed by atoms with Gasteiger partial charge in [0.25, 0.3) is 5.91 Å². The number of esters is 2. The molecule has 186 valence electrons. The number of carbonyl (C=O) groups excluding carboxylic acids is 4. The number of hydrogen-bond acceptors (Lipinski definition) is 8. The van der Waals surface area contributed by atoms with Gasteiger partial charge in [-0.3, -0.25) is 14.5 Å². The maximum atomic E-state index is 13.1. The highest BCUT2D eigenvalue weighted by molar-refractivity contribution is 8.18. The first kappa shape index (κ1) is 25.2. The van der Waals surface area contributed by atoms with Crippen molar-refractivity contribution in [2.75, 3.05) is 25.2 Å². The lowest BCUT2D eigenvalue weighted by atomic mass is 10.2. The molecule has 10 heteroatoms. The van der Waals surface area contributed by atoms with Crippen molar-refractivity contribution >= 4 is 52.1 Å². The van der Waals surface area contributed by atoms with Crippen LogP contribution in [0.3, 0.4) is 0 Å². The van der Waals surface area contributed by atoms with Gasteiger partial charge in [-0.15, -0.1) is 0 Å². The number of amidine groups is 1. The molecule has 0 aliphatic carbocycles. The highest BCUT2D eigenvalue weighted by Gasteiger charge is 2.34. The molecule has 0 bridgehead atoms. The summed E-state index contributed by atoms with van der Waals surface area (Å²) < 4.78 is 9.68. The van der Waals surface area contributed by atoms with Crippen molar-refractivity contribution < 1.29 is 28.7 Å². The molecule has 0 unspecified atom stereocenters. The van der Waals surface area contributed by atoms with Crippen LogP contribution in [0, 0.1) is 0 Å². The van der Waals surface area contributed by atoms with Crippen LogP contribution < -0.4 is 4.90 Å². The number of benzene rings is 2. The second-order valence-corrected chi connectivity index (χ2v) is 9.01. The van der Waals surface area contributed by atoms with E-state index in [-0.39, 0.29) is 29.9 Å². The summed E-state index contributed by atoms with van der Waals surface area (Å²) in [4.78, 5) is 56.9. The van der Waals surface area contributed by atoms with E-state index in [9.17, 15) is 19.2 Å². The topological polar surface area (TPSA) is 106 Å². The number of nitrogens with zero attached hydrogens (tertiary/aromatic N) is 3. The third-order valence-corrected chi connectivity index (χ3v) is 6.61. The predicted molar refractivity (Wildman–Crippen MR) is 136 cm³/mol. The van der Waals surface area contributed by atoms with Crippen molar-refractivity contribution in [1.29, 1.82) is 0 Å². The van der Waals surface area contributed by atoms with Gasteiger partial charge in [0.15, 0.2) is 5.17 Å². The van der Waals surface area contributed by atoms with Gasteiger partial charge in [0.1, 0.15) is 0 Å². The zero-order valence-corrected chi connectivity index (χ0v) is 20.7. The first-order chi connectivity index (χ1) is 17.4. The van der Waals surface area contributed by atoms with Gasteiger partial charge < -0.3 is 14.4 Å². The van der Waals surface area contributed by atoms with Gasteiger partial charge in [-0.2, -0.15) is 0 Å². The quantitative estimate of drug-likeness (QED) is 0.414. The molecule has 0 N–H and O–H groups in total. The van der Waals surface area contributed by atoms with Crippen molar-refractivity contribution in [3.05, 3.63) is 70.6 Å². The molecule has 9 nitrogen and oxygen atoms in total.